The Balaban J connectivity index is 3.70. The van der Waals surface area contributed by atoms with Crippen molar-refractivity contribution in [1.29, 1.82) is 0 Å². The van der Waals surface area contributed by atoms with Crippen molar-refractivity contribution in [2.45, 2.75) is 67.7 Å². The topological polar surface area (TPSA) is 85.9 Å². The average Bonchev–Trinajstić information content (AvgIpc) is 2.70. The molecule has 0 heterocycles. The van der Waals surface area contributed by atoms with E-state index in [-0.39, 0.29) is 28.6 Å². The standard InChI is InChI=1S/C25H48N2O5/c1-9-25(21(4)5,24(6,7)8)23(29)27-13-11-15-31-17-19-32-18-16-30-14-10-12-26-22(28)20(2)3/h21H,2,9-19H2,1,3-8H3,(H,26,28)(H,27,29). The van der Waals surface area contributed by atoms with Crippen molar-refractivity contribution in [3.8, 4) is 0 Å². The summed E-state index contributed by atoms with van der Waals surface area (Å²) in [5, 5.41) is 5.88. The number of hydrogen-bond donors (Lipinski definition) is 2. The normalized spacial score (nSPS) is 13.6. The summed E-state index contributed by atoms with van der Waals surface area (Å²) in [5.41, 5.74) is 0.0389. The fourth-order valence-electron chi connectivity index (χ4n) is 4.17. The summed E-state index contributed by atoms with van der Waals surface area (Å²) in [6.07, 6.45) is 2.35. The Morgan fingerprint density at radius 2 is 1.28 bits per heavy atom. The number of rotatable bonds is 18. The van der Waals surface area contributed by atoms with Crippen LogP contribution in [0.15, 0.2) is 12.2 Å². The van der Waals surface area contributed by atoms with Crippen LogP contribution in [-0.4, -0.2) is 64.5 Å². The highest BCUT2D eigenvalue weighted by Gasteiger charge is 2.48. The lowest BCUT2D eigenvalue weighted by atomic mass is 9.58. The summed E-state index contributed by atoms with van der Waals surface area (Å²) in [4.78, 5) is 24.3. The molecule has 2 amide bonds. The van der Waals surface area contributed by atoms with Gasteiger partial charge in [0, 0.05) is 31.9 Å². The van der Waals surface area contributed by atoms with Crippen molar-refractivity contribution in [2.24, 2.45) is 16.7 Å². The smallest absolute Gasteiger partial charge is 0.246 e. The molecule has 1 unspecified atom stereocenters. The third-order valence-corrected chi connectivity index (χ3v) is 5.92. The molecule has 0 aromatic rings. The Bertz CT molecular complexity index is 557. The van der Waals surface area contributed by atoms with E-state index < -0.39 is 0 Å². The predicted molar refractivity (Wildman–Crippen MR) is 130 cm³/mol. The zero-order valence-corrected chi connectivity index (χ0v) is 21.6. The van der Waals surface area contributed by atoms with E-state index in [1.165, 1.54) is 0 Å². The van der Waals surface area contributed by atoms with Crippen LogP contribution in [0.1, 0.15) is 67.7 Å². The van der Waals surface area contributed by atoms with E-state index in [9.17, 15) is 9.59 Å². The van der Waals surface area contributed by atoms with Crippen LogP contribution in [0.5, 0.6) is 0 Å². The summed E-state index contributed by atoms with van der Waals surface area (Å²) >= 11 is 0. The van der Waals surface area contributed by atoms with Gasteiger partial charge in [-0.05, 0) is 37.5 Å². The second-order valence-electron chi connectivity index (χ2n) is 9.57. The molecule has 0 radical (unpaired) electrons. The molecule has 0 aromatic heterocycles. The Morgan fingerprint density at radius 3 is 1.66 bits per heavy atom. The van der Waals surface area contributed by atoms with Crippen LogP contribution in [0.3, 0.4) is 0 Å². The minimum Gasteiger partial charge on any atom is -0.379 e. The molecule has 0 fully saturated rings. The van der Waals surface area contributed by atoms with Crippen molar-refractivity contribution in [3.63, 3.8) is 0 Å². The molecular weight excluding hydrogens is 408 g/mol. The van der Waals surface area contributed by atoms with E-state index in [4.69, 9.17) is 14.2 Å². The van der Waals surface area contributed by atoms with Crippen LogP contribution in [-0.2, 0) is 23.8 Å². The second kappa shape index (κ2) is 16.2. The third kappa shape index (κ3) is 10.9. The van der Waals surface area contributed by atoms with Crippen LogP contribution < -0.4 is 10.6 Å². The highest BCUT2D eigenvalue weighted by Crippen LogP contribution is 2.47. The van der Waals surface area contributed by atoms with Gasteiger partial charge in [0.2, 0.25) is 11.8 Å². The molecule has 0 aliphatic heterocycles. The molecule has 7 nitrogen and oxygen atoms in total. The molecule has 0 aromatic carbocycles. The Kier molecular flexibility index (Phi) is 15.5. The molecule has 0 bridgehead atoms. The van der Waals surface area contributed by atoms with E-state index in [0.717, 1.165) is 19.3 Å². The van der Waals surface area contributed by atoms with Crippen molar-refractivity contribution >= 4 is 11.8 Å². The fourth-order valence-corrected chi connectivity index (χ4v) is 4.17. The van der Waals surface area contributed by atoms with Gasteiger partial charge < -0.3 is 24.8 Å². The molecular formula is C25H48N2O5. The van der Waals surface area contributed by atoms with Gasteiger partial charge in [0.25, 0.3) is 0 Å². The molecule has 0 aliphatic carbocycles. The van der Waals surface area contributed by atoms with Gasteiger partial charge in [0.05, 0.1) is 31.8 Å². The zero-order chi connectivity index (χ0) is 24.6. The van der Waals surface area contributed by atoms with Gasteiger partial charge in [-0.2, -0.15) is 0 Å². The van der Waals surface area contributed by atoms with Crippen LogP contribution in [0.2, 0.25) is 0 Å². The van der Waals surface area contributed by atoms with E-state index in [1.54, 1.807) is 6.92 Å². The van der Waals surface area contributed by atoms with Crippen molar-refractivity contribution in [3.05, 3.63) is 12.2 Å². The molecule has 0 saturated heterocycles. The van der Waals surface area contributed by atoms with Crippen molar-refractivity contribution in [2.75, 3.05) is 52.7 Å². The van der Waals surface area contributed by atoms with Gasteiger partial charge in [-0.3, -0.25) is 9.59 Å². The lowest BCUT2D eigenvalue weighted by Gasteiger charge is -2.46. The zero-order valence-electron chi connectivity index (χ0n) is 21.6. The van der Waals surface area contributed by atoms with Crippen molar-refractivity contribution in [1.82, 2.24) is 10.6 Å². The minimum absolute atomic E-state index is 0.0991. The van der Waals surface area contributed by atoms with Gasteiger partial charge in [0.15, 0.2) is 0 Å². The Hall–Kier alpha value is -1.44. The molecule has 7 heteroatoms. The van der Waals surface area contributed by atoms with Gasteiger partial charge in [-0.25, -0.2) is 0 Å². The first-order chi connectivity index (χ1) is 15.0. The molecule has 0 spiro atoms. The Labute approximate surface area is 196 Å². The van der Waals surface area contributed by atoms with Crippen molar-refractivity contribution < 1.29 is 23.8 Å². The lowest BCUT2D eigenvalue weighted by molar-refractivity contribution is -0.142. The predicted octanol–water partition coefficient (Wildman–Crippen LogP) is 3.72. The largest absolute Gasteiger partial charge is 0.379 e. The molecule has 188 valence electrons. The molecule has 32 heavy (non-hydrogen) atoms. The highest BCUT2D eigenvalue weighted by molar-refractivity contribution is 5.92. The second-order valence-corrected chi connectivity index (χ2v) is 9.57. The van der Waals surface area contributed by atoms with Gasteiger partial charge in [0.1, 0.15) is 0 Å². The Morgan fingerprint density at radius 1 is 0.844 bits per heavy atom. The summed E-state index contributed by atoms with van der Waals surface area (Å²) in [6, 6.07) is 0. The first-order valence-electron chi connectivity index (χ1n) is 12.0. The highest BCUT2D eigenvalue weighted by atomic mass is 16.5. The first-order valence-corrected chi connectivity index (χ1v) is 12.0. The van der Waals surface area contributed by atoms with E-state index in [1.807, 2.05) is 0 Å². The summed E-state index contributed by atoms with van der Waals surface area (Å²) in [5.74, 6) is 0.293. The third-order valence-electron chi connectivity index (χ3n) is 5.92. The van der Waals surface area contributed by atoms with E-state index >= 15 is 0 Å². The molecule has 0 aliphatic rings. The molecule has 0 saturated carbocycles. The van der Waals surface area contributed by atoms with Crippen LogP contribution in [0, 0.1) is 16.7 Å². The maximum absolute atomic E-state index is 13.0. The molecule has 0 rings (SSSR count). The summed E-state index contributed by atoms with van der Waals surface area (Å²) < 4.78 is 16.5. The van der Waals surface area contributed by atoms with Gasteiger partial charge in [-0.1, -0.05) is 48.1 Å². The average molecular weight is 457 g/mol. The van der Waals surface area contributed by atoms with E-state index in [0.29, 0.717) is 58.3 Å². The number of ether oxygens (including phenoxy) is 3. The molecule has 1 atom stereocenters. The van der Waals surface area contributed by atoms with Gasteiger partial charge in [-0.15, -0.1) is 0 Å². The maximum atomic E-state index is 13.0. The van der Waals surface area contributed by atoms with Crippen LogP contribution in [0.25, 0.3) is 0 Å². The number of nitrogens with one attached hydrogen (secondary N) is 2. The number of carbonyl (C=O) groups is 2. The number of hydrogen-bond acceptors (Lipinski definition) is 5. The summed E-state index contributed by atoms with van der Waals surface area (Å²) in [6.45, 7) is 22.5. The summed E-state index contributed by atoms with van der Waals surface area (Å²) in [7, 11) is 0. The van der Waals surface area contributed by atoms with Crippen LogP contribution in [0.4, 0.5) is 0 Å². The monoisotopic (exact) mass is 456 g/mol. The molecule has 2 N–H and O–H groups in total. The quantitative estimate of drug-likeness (QED) is 0.242. The lowest BCUT2D eigenvalue weighted by Crippen LogP contribution is -2.52. The first kappa shape index (κ1) is 30.6. The SMILES string of the molecule is C=C(C)C(=O)NCCCOCCOCCOCCCNC(=O)C(CC)(C(C)C)C(C)(C)C. The fraction of sp³-hybridized carbons (Fsp3) is 0.840. The van der Waals surface area contributed by atoms with Crippen LogP contribution >= 0.6 is 0 Å². The van der Waals surface area contributed by atoms with Gasteiger partial charge >= 0.3 is 0 Å². The minimum atomic E-state index is -0.373. The number of amides is 2. The number of carbonyl (C=O) groups excluding carboxylic acids is 2. The van der Waals surface area contributed by atoms with E-state index in [2.05, 4.69) is 58.8 Å². The maximum Gasteiger partial charge on any atom is 0.246 e.